The fraction of sp³-hybridized carbons (Fsp3) is 0.700. The van der Waals surface area contributed by atoms with Crippen LogP contribution in [0.5, 0.6) is 0 Å². The highest BCUT2D eigenvalue weighted by Gasteiger charge is 2.42. The zero-order chi connectivity index (χ0) is 18.7. The Bertz CT molecular complexity index is 645. The molecule has 0 N–H and O–H groups in total. The van der Waals surface area contributed by atoms with E-state index in [4.69, 9.17) is 13.9 Å². The molecular weight excluding hydrogens is 348 g/mol. The second kappa shape index (κ2) is 8.02. The molecule has 2 amide bonds. The molecular formula is C20H28N2O5. The molecule has 0 bridgehead atoms. The van der Waals surface area contributed by atoms with Crippen LogP contribution in [0.15, 0.2) is 22.8 Å². The molecule has 1 aromatic heterocycles. The first-order valence-corrected chi connectivity index (χ1v) is 10.0. The summed E-state index contributed by atoms with van der Waals surface area (Å²) >= 11 is 0. The SMILES string of the molecule is O=C1CC2(CCN(C(=O)c3ccco3)CC2)OCCN1CC1CCCCO1. The molecule has 27 heavy (non-hydrogen) atoms. The first-order chi connectivity index (χ1) is 13.2. The van der Waals surface area contributed by atoms with Crippen LogP contribution < -0.4 is 0 Å². The summed E-state index contributed by atoms with van der Waals surface area (Å²) in [5, 5.41) is 0. The van der Waals surface area contributed by atoms with Gasteiger partial charge in [-0.25, -0.2) is 0 Å². The van der Waals surface area contributed by atoms with E-state index >= 15 is 0 Å². The van der Waals surface area contributed by atoms with Gasteiger partial charge in [0.1, 0.15) is 0 Å². The van der Waals surface area contributed by atoms with E-state index in [2.05, 4.69) is 0 Å². The van der Waals surface area contributed by atoms with Crippen LogP contribution in [0.2, 0.25) is 0 Å². The van der Waals surface area contributed by atoms with E-state index in [0.717, 1.165) is 19.4 Å². The summed E-state index contributed by atoms with van der Waals surface area (Å²) in [6, 6.07) is 3.40. The van der Waals surface area contributed by atoms with Crippen molar-refractivity contribution in [1.82, 2.24) is 9.80 Å². The van der Waals surface area contributed by atoms with Gasteiger partial charge in [-0.3, -0.25) is 9.59 Å². The number of piperidine rings is 1. The van der Waals surface area contributed by atoms with Crippen LogP contribution in [-0.2, 0) is 14.3 Å². The summed E-state index contributed by atoms with van der Waals surface area (Å²) in [6.45, 7) is 3.80. The number of hydrogen-bond donors (Lipinski definition) is 0. The van der Waals surface area contributed by atoms with Gasteiger partial charge in [-0.05, 0) is 44.2 Å². The Kier molecular flexibility index (Phi) is 5.50. The van der Waals surface area contributed by atoms with E-state index in [1.54, 1.807) is 17.0 Å². The number of amides is 2. The largest absolute Gasteiger partial charge is 0.459 e. The normalized spacial score (nSPS) is 26.2. The summed E-state index contributed by atoms with van der Waals surface area (Å²) in [5.41, 5.74) is -0.445. The summed E-state index contributed by atoms with van der Waals surface area (Å²) in [4.78, 5) is 29.0. The first kappa shape index (κ1) is 18.5. The van der Waals surface area contributed by atoms with Gasteiger partial charge < -0.3 is 23.7 Å². The molecule has 4 rings (SSSR count). The number of rotatable bonds is 3. The van der Waals surface area contributed by atoms with Crippen LogP contribution in [0.25, 0.3) is 0 Å². The Balaban J connectivity index is 1.33. The number of carbonyl (C=O) groups is 2. The summed E-state index contributed by atoms with van der Waals surface area (Å²) in [6.07, 6.45) is 6.73. The highest BCUT2D eigenvalue weighted by atomic mass is 16.5. The lowest BCUT2D eigenvalue weighted by molar-refractivity contribution is -0.137. The van der Waals surface area contributed by atoms with Gasteiger partial charge in [0.25, 0.3) is 5.91 Å². The van der Waals surface area contributed by atoms with Gasteiger partial charge in [-0.1, -0.05) is 0 Å². The van der Waals surface area contributed by atoms with Crippen molar-refractivity contribution >= 4 is 11.8 Å². The molecule has 7 nitrogen and oxygen atoms in total. The van der Waals surface area contributed by atoms with Gasteiger partial charge in [0.05, 0.1) is 31.0 Å². The predicted octanol–water partition coefficient (Wildman–Crippen LogP) is 2.07. The maximum Gasteiger partial charge on any atom is 0.289 e. The summed E-state index contributed by atoms with van der Waals surface area (Å²) in [7, 11) is 0. The average molecular weight is 376 g/mol. The Morgan fingerprint density at radius 2 is 2.04 bits per heavy atom. The predicted molar refractivity (Wildman–Crippen MR) is 97.3 cm³/mol. The first-order valence-electron chi connectivity index (χ1n) is 10.0. The Hall–Kier alpha value is -1.86. The van der Waals surface area contributed by atoms with Crippen molar-refractivity contribution in [2.75, 3.05) is 39.4 Å². The van der Waals surface area contributed by atoms with Crippen LogP contribution in [0.1, 0.15) is 49.1 Å². The van der Waals surface area contributed by atoms with Gasteiger partial charge in [0.15, 0.2) is 5.76 Å². The number of nitrogens with zero attached hydrogens (tertiary/aromatic N) is 2. The lowest BCUT2D eigenvalue weighted by atomic mass is 9.87. The Morgan fingerprint density at radius 3 is 2.74 bits per heavy atom. The third-order valence-corrected chi connectivity index (χ3v) is 5.99. The second-order valence-electron chi connectivity index (χ2n) is 7.81. The van der Waals surface area contributed by atoms with Crippen LogP contribution in [-0.4, -0.2) is 72.7 Å². The minimum absolute atomic E-state index is 0.0918. The van der Waals surface area contributed by atoms with Crippen molar-refractivity contribution in [3.63, 3.8) is 0 Å². The lowest BCUT2D eigenvalue weighted by Crippen LogP contribution is -2.49. The minimum Gasteiger partial charge on any atom is -0.459 e. The van der Waals surface area contributed by atoms with Crippen molar-refractivity contribution in [2.24, 2.45) is 0 Å². The minimum atomic E-state index is -0.445. The molecule has 0 radical (unpaired) electrons. The molecule has 3 fully saturated rings. The van der Waals surface area contributed by atoms with Crippen LogP contribution >= 0.6 is 0 Å². The Morgan fingerprint density at radius 1 is 1.19 bits per heavy atom. The van der Waals surface area contributed by atoms with E-state index in [-0.39, 0.29) is 17.9 Å². The van der Waals surface area contributed by atoms with E-state index in [1.165, 1.54) is 12.7 Å². The molecule has 7 heteroatoms. The maximum absolute atomic E-state index is 12.9. The van der Waals surface area contributed by atoms with Crippen LogP contribution in [0.4, 0.5) is 0 Å². The highest BCUT2D eigenvalue weighted by molar-refractivity contribution is 5.91. The Labute approximate surface area is 159 Å². The monoisotopic (exact) mass is 376 g/mol. The van der Waals surface area contributed by atoms with Crippen LogP contribution in [0.3, 0.4) is 0 Å². The number of hydrogen-bond acceptors (Lipinski definition) is 5. The molecule has 3 saturated heterocycles. The molecule has 1 atom stereocenters. The summed E-state index contributed by atoms with van der Waals surface area (Å²) < 4.78 is 17.2. The molecule has 3 aliphatic heterocycles. The van der Waals surface area contributed by atoms with Crippen molar-refractivity contribution in [3.8, 4) is 0 Å². The maximum atomic E-state index is 12.9. The standard InChI is InChI=1S/C20H28N2O5/c23-18-14-20(27-13-10-22(18)15-16-4-1-2-11-25-16)6-8-21(9-7-20)19(24)17-5-3-12-26-17/h3,5,12,16H,1-2,4,6-11,13-15H2. The van der Waals surface area contributed by atoms with E-state index < -0.39 is 5.60 Å². The molecule has 1 aromatic rings. The molecule has 1 spiro atoms. The van der Waals surface area contributed by atoms with E-state index in [0.29, 0.717) is 57.8 Å². The average Bonchev–Trinajstić information content (AvgIpc) is 3.18. The van der Waals surface area contributed by atoms with Crippen LogP contribution in [0, 0.1) is 0 Å². The molecule has 4 heterocycles. The van der Waals surface area contributed by atoms with Gasteiger partial charge >= 0.3 is 0 Å². The van der Waals surface area contributed by atoms with Gasteiger partial charge in [-0.15, -0.1) is 0 Å². The number of ether oxygens (including phenoxy) is 2. The van der Waals surface area contributed by atoms with E-state index in [9.17, 15) is 9.59 Å². The molecule has 148 valence electrons. The second-order valence-corrected chi connectivity index (χ2v) is 7.81. The smallest absolute Gasteiger partial charge is 0.289 e. The summed E-state index contributed by atoms with van der Waals surface area (Å²) in [5.74, 6) is 0.417. The van der Waals surface area contributed by atoms with Crippen molar-refractivity contribution in [2.45, 2.75) is 50.2 Å². The van der Waals surface area contributed by atoms with Gasteiger partial charge in [-0.2, -0.15) is 0 Å². The highest BCUT2D eigenvalue weighted by Crippen LogP contribution is 2.33. The van der Waals surface area contributed by atoms with Crippen molar-refractivity contribution in [1.29, 1.82) is 0 Å². The van der Waals surface area contributed by atoms with Crippen molar-refractivity contribution < 1.29 is 23.5 Å². The zero-order valence-corrected chi connectivity index (χ0v) is 15.7. The van der Waals surface area contributed by atoms with E-state index in [1.807, 2.05) is 4.90 Å². The van der Waals surface area contributed by atoms with Gasteiger partial charge in [0.2, 0.25) is 5.91 Å². The molecule has 0 aliphatic carbocycles. The fourth-order valence-electron chi connectivity index (χ4n) is 4.32. The fourth-order valence-corrected chi connectivity index (χ4v) is 4.32. The van der Waals surface area contributed by atoms with Crippen molar-refractivity contribution in [3.05, 3.63) is 24.2 Å². The molecule has 0 saturated carbocycles. The number of carbonyl (C=O) groups excluding carboxylic acids is 2. The van der Waals surface area contributed by atoms with Gasteiger partial charge in [0, 0.05) is 32.8 Å². The number of furan rings is 1. The number of likely N-dealkylation sites (tertiary alicyclic amines) is 1. The molecule has 3 aliphatic rings. The third-order valence-electron chi connectivity index (χ3n) is 5.99. The zero-order valence-electron chi connectivity index (χ0n) is 15.7. The molecule has 0 aromatic carbocycles. The lowest BCUT2D eigenvalue weighted by Gasteiger charge is -2.40. The molecule has 1 unspecified atom stereocenters. The third kappa shape index (κ3) is 4.19. The quantitative estimate of drug-likeness (QED) is 0.808. The topological polar surface area (TPSA) is 72.2 Å².